The smallest absolute Gasteiger partial charge is 0.160 e. The maximum absolute atomic E-state index is 5.14. The molecule has 69 heavy (non-hydrogen) atoms. The predicted octanol–water partition coefficient (Wildman–Crippen LogP) is 16.4. The third kappa shape index (κ3) is 6.11. The van der Waals surface area contributed by atoms with Gasteiger partial charge in [0.15, 0.2) is 5.82 Å². The predicted molar refractivity (Wildman–Crippen MR) is 287 cm³/mol. The molecular weight excluding hydrogens is 839 g/mol. The van der Waals surface area contributed by atoms with Gasteiger partial charge in [0.05, 0.1) is 44.5 Å². The van der Waals surface area contributed by atoms with Gasteiger partial charge >= 0.3 is 0 Å². The summed E-state index contributed by atoms with van der Waals surface area (Å²) < 4.78 is 7.51. The molecule has 0 saturated heterocycles. The highest BCUT2D eigenvalue weighted by Gasteiger charge is 2.29. The molecule has 0 bridgehead atoms. The molecule has 0 aliphatic heterocycles. The second-order valence-electron chi connectivity index (χ2n) is 17.7. The zero-order valence-electron chi connectivity index (χ0n) is 37.4. The Morgan fingerprint density at radius 3 is 1.04 bits per heavy atom. The monoisotopic (exact) mass is 879 g/mol. The van der Waals surface area contributed by atoms with E-state index in [0.29, 0.717) is 5.82 Å². The summed E-state index contributed by atoms with van der Waals surface area (Å²) in [7, 11) is 0. The second-order valence-corrected chi connectivity index (χ2v) is 17.7. The molecule has 322 valence electrons. The molecule has 0 unspecified atom stereocenters. The van der Waals surface area contributed by atoms with Crippen molar-refractivity contribution in [1.29, 1.82) is 0 Å². The lowest BCUT2D eigenvalue weighted by Crippen LogP contribution is -1.97. The molecule has 0 radical (unpaired) electrons. The van der Waals surface area contributed by atoms with Gasteiger partial charge in [-0.05, 0) is 77.9 Å². The van der Waals surface area contributed by atoms with Crippen LogP contribution < -0.4 is 0 Å². The van der Waals surface area contributed by atoms with Crippen LogP contribution in [0.2, 0.25) is 0 Å². The van der Waals surface area contributed by atoms with E-state index in [4.69, 9.17) is 9.97 Å². The standard InChI is InChI=1S/C64H41N5/c1-6-20-43(21-7-1)53-41-54(44-22-8-2-9-23-44)66-64(65-53)45-36-34-42(35-37-45)46-38-39-57-52(40-46)60-62-58(51-31-17-19-33-56(51)68(62)48-26-12-4-13-27-48)61-59(63(60)69(57)49-28-14-5-15-29-49)50-30-16-18-32-55(50)67(61)47-24-10-3-11-25-47/h1-41H. The molecule has 14 rings (SSSR count). The molecule has 0 N–H and O–H groups in total. The van der Waals surface area contributed by atoms with Gasteiger partial charge in [-0.3, -0.25) is 0 Å². The first-order valence-electron chi connectivity index (χ1n) is 23.5. The lowest BCUT2D eigenvalue weighted by molar-refractivity contribution is 1.17. The summed E-state index contributed by atoms with van der Waals surface area (Å²) >= 11 is 0. The average Bonchev–Trinajstić information content (AvgIpc) is 4.08. The summed E-state index contributed by atoms with van der Waals surface area (Å²) in [5.41, 5.74) is 17.5. The van der Waals surface area contributed by atoms with Crippen LogP contribution in [0.4, 0.5) is 0 Å². The highest BCUT2D eigenvalue weighted by molar-refractivity contribution is 6.40. The average molecular weight is 880 g/mol. The molecular formula is C64H41N5. The number of hydrogen-bond acceptors (Lipinski definition) is 2. The van der Waals surface area contributed by atoms with Gasteiger partial charge in [-0.25, -0.2) is 9.97 Å². The molecule has 0 amide bonds. The van der Waals surface area contributed by atoms with Gasteiger partial charge in [0.2, 0.25) is 0 Å². The summed E-state index contributed by atoms with van der Waals surface area (Å²) in [4.78, 5) is 10.3. The van der Waals surface area contributed by atoms with Gasteiger partial charge < -0.3 is 13.7 Å². The number of fused-ring (bicyclic) bond motifs is 12. The van der Waals surface area contributed by atoms with Crippen LogP contribution in [0.15, 0.2) is 249 Å². The van der Waals surface area contributed by atoms with Gasteiger partial charge in [-0.2, -0.15) is 0 Å². The number of para-hydroxylation sites is 5. The molecule has 14 aromatic rings. The summed E-state index contributed by atoms with van der Waals surface area (Å²) in [5.74, 6) is 0.693. The van der Waals surface area contributed by atoms with Crippen molar-refractivity contribution in [2.24, 2.45) is 0 Å². The third-order valence-corrected chi connectivity index (χ3v) is 13.8. The van der Waals surface area contributed by atoms with E-state index in [1.165, 1.54) is 59.9 Å². The van der Waals surface area contributed by atoms with Crippen molar-refractivity contribution in [2.75, 3.05) is 0 Å². The van der Waals surface area contributed by atoms with Crippen LogP contribution in [-0.4, -0.2) is 23.7 Å². The molecule has 5 heteroatoms. The number of hydrogen-bond donors (Lipinski definition) is 0. The first-order chi connectivity index (χ1) is 34.3. The van der Waals surface area contributed by atoms with Crippen LogP contribution in [0.3, 0.4) is 0 Å². The molecule has 0 spiro atoms. The minimum Gasteiger partial charge on any atom is -0.308 e. The summed E-state index contributed by atoms with van der Waals surface area (Å²) in [6, 6.07) is 89.1. The molecule has 0 aliphatic carbocycles. The van der Waals surface area contributed by atoms with E-state index >= 15 is 0 Å². The van der Waals surface area contributed by atoms with Gasteiger partial charge in [-0.1, -0.05) is 182 Å². The van der Waals surface area contributed by atoms with Crippen molar-refractivity contribution >= 4 is 65.4 Å². The lowest BCUT2D eigenvalue weighted by Gasteiger charge is -2.13. The first-order valence-corrected chi connectivity index (χ1v) is 23.5. The molecule has 0 atom stereocenters. The van der Waals surface area contributed by atoms with E-state index in [1.54, 1.807) is 0 Å². The van der Waals surface area contributed by atoms with E-state index in [9.17, 15) is 0 Å². The molecule has 4 heterocycles. The van der Waals surface area contributed by atoms with Crippen molar-refractivity contribution in [3.63, 3.8) is 0 Å². The Kier molecular flexibility index (Phi) is 8.83. The number of benzene rings is 10. The maximum Gasteiger partial charge on any atom is 0.160 e. The van der Waals surface area contributed by atoms with Crippen molar-refractivity contribution < 1.29 is 0 Å². The Morgan fingerprint density at radius 1 is 0.246 bits per heavy atom. The molecule has 0 fully saturated rings. The molecule has 0 aliphatic rings. The second kappa shape index (κ2) is 15.7. The van der Waals surface area contributed by atoms with Crippen molar-refractivity contribution in [2.45, 2.75) is 0 Å². The maximum atomic E-state index is 5.14. The van der Waals surface area contributed by atoms with E-state index in [-0.39, 0.29) is 0 Å². The molecule has 4 aromatic heterocycles. The Hall–Kier alpha value is -9.32. The molecule has 10 aromatic carbocycles. The number of aromatic nitrogens is 5. The number of nitrogens with zero attached hydrogens (tertiary/aromatic N) is 5. The van der Waals surface area contributed by atoms with E-state index in [1.807, 2.05) is 12.1 Å². The van der Waals surface area contributed by atoms with Crippen LogP contribution in [0.1, 0.15) is 0 Å². The van der Waals surface area contributed by atoms with Gasteiger partial charge in [0.1, 0.15) is 0 Å². The zero-order chi connectivity index (χ0) is 45.4. The van der Waals surface area contributed by atoms with Crippen molar-refractivity contribution in [3.05, 3.63) is 249 Å². The van der Waals surface area contributed by atoms with Crippen LogP contribution in [0, 0.1) is 0 Å². The minimum absolute atomic E-state index is 0.693. The van der Waals surface area contributed by atoms with Crippen molar-refractivity contribution in [1.82, 2.24) is 23.7 Å². The largest absolute Gasteiger partial charge is 0.308 e. The Balaban J connectivity index is 1.08. The highest BCUT2D eigenvalue weighted by Crippen LogP contribution is 2.50. The third-order valence-electron chi connectivity index (χ3n) is 13.8. The Labute approximate surface area is 398 Å². The van der Waals surface area contributed by atoms with Crippen LogP contribution in [0.5, 0.6) is 0 Å². The van der Waals surface area contributed by atoms with Crippen molar-refractivity contribution in [3.8, 4) is 62.1 Å². The van der Waals surface area contributed by atoms with Crippen LogP contribution in [-0.2, 0) is 0 Å². The fraction of sp³-hybridized carbons (Fsp3) is 0. The Morgan fingerprint density at radius 2 is 0.594 bits per heavy atom. The number of rotatable bonds is 7. The fourth-order valence-corrected chi connectivity index (χ4v) is 10.8. The van der Waals surface area contributed by atoms with E-state index in [0.717, 1.165) is 61.8 Å². The van der Waals surface area contributed by atoms with Crippen LogP contribution in [0.25, 0.3) is 128 Å². The van der Waals surface area contributed by atoms with E-state index in [2.05, 4.69) is 250 Å². The molecule has 5 nitrogen and oxygen atoms in total. The summed E-state index contributed by atoms with van der Waals surface area (Å²) in [6.07, 6.45) is 0. The summed E-state index contributed by atoms with van der Waals surface area (Å²) in [5, 5.41) is 7.28. The van der Waals surface area contributed by atoms with Gasteiger partial charge in [-0.15, -0.1) is 0 Å². The summed E-state index contributed by atoms with van der Waals surface area (Å²) in [6.45, 7) is 0. The quantitative estimate of drug-likeness (QED) is 0.160. The topological polar surface area (TPSA) is 40.6 Å². The highest BCUT2D eigenvalue weighted by atomic mass is 15.0. The lowest BCUT2D eigenvalue weighted by atomic mass is 9.99. The minimum atomic E-state index is 0.693. The molecule has 0 saturated carbocycles. The van der Waals surface area contributed by atoms with Crippen LogP contribution >= 0.6 is 0 Å². The van der Waals surface area contributed by atoms with Gasteiger partial charge in [0, 0.05) is 66.1 Å². The van der Waals surface area contributed by atoms with Gasteiger partial charge in [0.25, 0.3) is 0 Å². The SMILES string of the molecule is c1ccc(-c2cc(-c3ccccc3)nc(-c3ccc(-c4ccc5c(c4)c4c6c(c7ccccc7n6-c6ccccc6)c6c(c7ccccc7n6-c6ccccc6)c4n5-c4ccccc4)cc3)n2)cc1. The normalized spacial score (nSPS) is 11.8. The first kappa shape index (κ1) is 38.9. The zero-order valence-corrected chi connectivity index (χ0v) is 37.4. The fourth-order valence-electron chi connectivity index (χ4n) is 10.8. The van der Waals surface area contributed by atoms with E-state index < -0.39 is 0 Å². The Bertz CT molecular complexity index is 4150.